The summed E-state index contributed by atoms with van der Waals surface area (Å²) in [5, 5.41) is 13.2. The van der Waals surface area contributed by atoms with E-state index in [1.165, 1.54) is 18.2 Å². The van der Waals surface area contributed by atoms with Crippen molar-refractivity contribution in [1.29, 1.82) is 0 Å². The van der Waals surface area contributed by atoms with Crippen molar-refractivity contribution in [3.63, 3.8) is 0 Å². The minimum absolute atomic E-state index is 0.0338. The molecule has 0 heterocycles. The third-order valence-electron chi connectivity index (χ3n) is 1.92. The molecule has 0 saturated heterocycles. The van der Waals surface area contributed by atoms with Crippen LogP contribution in [-0.4, -0.2) is 22.7 Å². The van der Waals surface area contributed by atoms with E-state index in [4.69, 9.17) is 5.73 Å². The van der Waals surface area contributed by atoms with E-state index in [0.29, 0.717) is 5.69 Å². The Morgan fingerprint density at radius 2 is 2.11 bits per heavy atom. The van der Waals surface area contributed by atoms with Gasteiger partial charge in [-0.3, -0.25) is 10.1 Å². The number of nitrogens with two attached hydrogens (primary N) is 1. The molecule has 0 saturated carbocycles. The number of nitrogens with one attached hydrogen (secondary N) is 1. The Kier molecular flexibility index (Phi) is 4.65. The largest absolute Gasteiger partial charge is 0.441 e. The Balaban J connectivity index is 2.49. The zero-order valence-electron chi connectivity index (χ0n) is 9.03. The van der Waals surface area contributed by atoms with Gasteiger partial charge < -0.3 is 11.1 Å². The molecule has 100 valence electrons. The van der Waals surface area contributed by atoms with Gasteiger partial charge in [-0.1, -0.05) is 0 Å². The summed E-state index contributed by atoms with van der Waals surface area (Å²) >= 11 is -0.137. The predicted octanol–water partition coefficient (Wildman–Crippen LogP) is 2.84. The Morgan fingerprint density at radius 1 is 1.44 bits per heavy atom. The van der Waals surface area contributed by atoms with Crippen LogP contribution in [0, 0.1) is 10.1 Å². The predicted molar refractivity (Wildman–Crippen MR) is 64.5 cm³/mol. The molecule has 1 aromatic carbocycles. The second-order valence-corrected chi connectivity index (χ2v) is 4.41. The summed E-state index contributed by atoms with van der Waals surface area (Å²) < 4.78 is 35.5. The maximum Gasteiger partial charge on any atom is 0.441 e. The number of anilines is 2. The molecule has 9 heteroatoms. The number of nitrogen functional groups attached to an aromatic ring is 1. The smallest absolute Gasteiger partial charge is 0.393 e. The summed E-state index contributed by atoms with van der Waals surface area (Å²) in [6.07, 6.45) is 0. The SMILES string of the molecule is Nc1cc(NCCSC(F)(F)F)ccc1[N+](=O)[O-]. The van der Waals surface area contributed by atoms with Crippen LogP contribution >= 0.6 is 11.8 Å². The third kappa shape index (κ3) is 4.70. The average Bonchev–Trinajstić information content (AvgIpc) is 2.22. The van der Waals surface area contributed by atoms with Crippen LogP contribution < -0.4 is 11.1 Å². The average molecular weight is 281 g/mol. The van der Waals surface area contributed by atoms with Crippen LogP contribution in [-0.2, 0) is 0 Å². The number of rotatable bonds is 5. The molecule has 0 aromatic heterocycles. The summed E-state index contributed by atoms with van der Waals surface area (Å²) in [6.45, 7) is 0.0847. The topological polar surface area (TPSA) is 81.2 Å². The third-order valence-corrected chi connectivity index (χ3v) is 2.66. The highest BCUT2D eigenvalue weighted by molar-refractivity contribution is 8.00. The number of thioether (sulfide) groups is 1. The first-order valence-corrected chi connectivity index (χ1v) is 5.76. The first-order valence-electron chi connectivity index (χ1n) is 4.78. The van der Waals surface area contributed by atoms with E-state index in [0.717, 1.165) is 0 Å². The van der Waals surface area contributed by atoms with Crippen molar-refractivity contribution in [2.75, 3.05) is 23.3 Å². The minimum atomic E-state index is -4.25. The van der Waals surface area contributed by atoms with E-state index < -0.39 is 10.4 Å². The number of benzene rings is 1. The molecule has 18 heavy (non-hydrogen) atoms. The molecule has 0 aliphatic carbocycles. The molecule has 3 N–H and O–H groups in total. The van der Waals surface area contributed by atoms with Crippen LogP contribution in [0.2, 0.25) is 0 Å². The Hall–Kier alpha value is -1.64. The number of alkyl halides is 3. The second kappa shape index (κ2) is 5.80. The Morgan fingerprint density at radius 3 is 2.61 bits per heavy atom. The number of halogens is 3. The van der Waals surface area contributed by atoms with Gasteiger partial charge >= 0.3 is 5.51 Å². The van der Waals surface area contributed by atoms with Gasteiger partial charge in [0.15, 0.2) is 0 Å². The van der Waals surface area contributed by atoms with Gasteiger partial charge in [-0.05, 0) is 23.9 Å². The molecule has 5 nitrogen and oxygen atoms in total. The standard InChI is InChI=1S/C9H10F3N3O2S/c10-9(11,12)18-4-3-14-6-1-2-8(15(16)17)7(13)5-6/h1-2,5,14H,3-4,13H2. The number of hydrogen-bond acceptors (Lipinski definition) is 5. The molecular formula is C9H10F3N3O2S. The van der Waals surface area contributed by atoms with E-state index in [1.54, 1.807) is 0 Å². The molecule has 0 aliphatic heterocycles. The number of nitrogens with zero attached hydrogens (tertiary/aromatic N) is 1. The Bertz CT molecular complexity index is 440. The lowest BCUT2D eigenvalue weighted by atomic mass is 10.2. The highest BCUT2D eigenvalue weighted by Gasteiger charge is 2.27. The van der Waals surface area contributed by atoms with Crippen molar-refractivity contribution in [1.82, 2.24) is 0 Å². The lowest BCUT2D eigenvalue weighted by Crippen LogP contribution is -2.09. The van der Waals surface area contributed by atoms with Gasteiger partial charge in [-0.25, -0.2) is 0 Å². The maximum absolute atomic E-state index is 11.8. The fourth-order valence-corrected chi connectivity index (χ4v) is 1.63. The molecule has 0 fully saturated rings. The molecule has 1 aromatic rings. The van der Waals surface area contributed by atoms with E-state index in [9.17, 15) is 23.3 Å². The summed E-state index contributed by atoms with van der Waals surface area (Å²) in [6, 6.07) is 3.91. The molecule has 0 bridgehead atoms. The van der Waals surface area contributed by atoms with Crippen molar-refractivity contribution in [3.05, 3.63) is 28.3 Å². The zero-order chi connectivity index (χ0) is 13.8. The molecular weight excluding hydrogens is 271 g/mol. The lowest BCUT2D eigenvalue weighted by Gasteiger charge is -2.08. The van der Waals surface area contributed by atoms with Crippen molar-refractivity contribution in [2.45, 2.75) is 5.51 Å². The second-order valence-electron chi connectivity index (χ2n) is 3.25. The molecule has 0 unspecified atom stereocenters. The van der Waals surface area contributed by atoms with Crippen LogP contribution in [0.3, 0.4) is 0 Å². The van der Waals surface area contributed by atoms with Crippen molar-refractivity contribution < 1.29 is 18.1 Å². The van der Waals surface area contributed by atoms with Crippen LogP contribution in [0.25, 0.3) is 0 Å². The van der Waals surface area contributed by atoms with Gasteiger partial charge in [-0.15, -0.1) is 0 Å². The van der Waals surface area contributed by atoms with Crippen LogP contribution in [0.4, 0.5) is 30.2 Å². The quantitative estimate of drug-likeness (QED) is 0.375. The van der Waals surface area contributed by atoms with Gasteiger partial charge in [0.25, 0.3) is 5.69 Å². The summed E-state index contributed by atoms with van der Waals surface area (Å²) in [5.41, 5.74) is 1.36. The van der Waals surface area contributed by atoms with E-state index >= 15 is 0 Å². The van der Waals surface area contributed by atoms with Gasteiger partial charge in [0.05, 0.1) is 4.92 Å². The van der Waals surface area contributed by atoms with Gasteiger partial charge in [0.1, 0.15) is 5.69 Å². The number of hydrogen-bond donors (Lipinski definition) is 2. The Labute approximate surface area is 105 Å². The number of nitro groups is 1. The van der Waals surface area contributed by atoms with Crippen molar-refractivity contribution >= 4 is 28.8 Å². The van der Waals surface area contributed by atoms with Gasteiger partial charge in [0.2, 0.25) is 0 Å². The summed E-state index contributed by atoms with van der Waals surface area (Å²) in [4.78, 5) is 9.85. The van der Waals surface area contributed by atoms with Crippen LogP contribution in [0.1, 0.15) is 0 Å². The first kappa shape index (κ1) is 14.4. The van der Waals surface area contributed by atoms with E-state index in [-0.39, 0.29) is 35.4 Å². The highest BCUT2D eigenvalue weighted by atomic mass is 32.2. The van der Waals surface area contributed by atoms with Crippen molar-refractivity contribution in [3.8, 4) is 0 Å². The molecule has 0 aliphatic rings. The molecule has 0 atom stereocenters. The van der Waals surface area contributed by atoms with E-state index in [2.05, 4.69) is 5.32 Å². The summed E-state index contributed by atoms with van der Waals surface area (Å²) in [5.74, 6) is -0.152. The monoisotopic (exact) mass is 281 g/mol. The minimum Gasteiger partial charge on any atom is -0.393 e. The molecule has 0 radical (unpaired) electrons. The molecule has 0 amide bonds. The van der Waals surface area contributed by atoms with Gasteiger partial charge in [-0.2, -0.15) is 13.2 Å². The fourth-order valence-electron chi connectivity index (χ4n) is 1.19. The maximum atomic E-state index is 11.8. The van der Waals surface area contributed by atoms with Crippen LogP contribution in [0.15, 0.2) is 18.2 Å². The zero-order valence-corrected chi connectivity index (χ0v) is 9.85. The lowest BCUT2D eigenvalue weighted by molar-refractivity contribution is -0.383. The van der Waals surface area contributed by atoms with Crippen molar-refractivity contribution in [2.24, 2.45) is 0 Å². The highest BCUT2D eigenvalue weighted by Crippen LogP contribution is 2.30. The normalized spacial score (nSPS) is 11.3. The fraction of sp³-hybridized carbons (Fsp3) is 0.333. The molecule has 0 spiro atoms. The van der Waals surface area contributed by atoms with Gasteiger partial charge in [0, 0.05) is 24.1 Å². The van der Waals surface area contributed by atoms with Crippen LogP contribution in [0.5, 0.6) is 0 Å². The number of nitro benzene ring substituents is 1. The molecule has 1 rings (SSSR count). The first-order chi connectivity index (χ1) is 8.29. The summed E-state index contributed by atoms with van der Waals surface area (Å²) in [7, 11) is 0. The van der Waals surface area contributed by atoms with E-state index in [1.807, 2.05) is 0 Å².